The number of ether oxygens (including phenoxy) is 4. The molecule has 2 aliphatic heterocycles. The molecule has 2 atom stereocenters. The molecule has 24 heavy (non-hydrogen) atoms. The van der Waals surface area contributed by atoms with Gasteiger partial charge in [-0.25, -0.2) is 4.39 Å². The molecule has 134 valence electrons. The minimum absolute atomic E-state index is 0.160. The molecule has 0 radical (unpaired) electrons. The van der Waals surface area contributed by atoms with Crippen LogP contribution in [0.25, 0.3) is 0 Å². The van der Waals surface area contributed by atoms with Crippen molar-refractivity contribution in [1.29, 1.82) is 0 Å². The number of halogens is 1. The fourth-order valence-corrected chi connectivity index (χ4v) is 3.10. The lowest BCUT2D eigenvalue weighted by molar-refractivity contribution is -0.169. The number of rotatable bonds is 6. The lowest BCUT2D eigenvalue weighted by Crippen LogP contribution is -2.22. The fraction of sp³-hybridized carbons (Fsp3) is 0.684. The molecular formula is C19H27FO4. The molecule has 4 nitrogen and oxygen atoms in total. The van der Waals surface area contributed by atoms with Gasteiger partial charge >= 0.3 is 0 Å². The molecule has 3 rings (SSSR count). The van der Waals surface area contributed by atoms with Crippen molar-refractivity contribution < 1.29 is 23.3 Å². The van der Waals surface area contributed by atoms with Crippen molar-refractivity contribution >= 4 is 0 Å². The van der Waals surface area contributed by atoms with Gasteiger partial charge in [-0.2, -0.15) is 0 Å². The first-order chi connectivity index (χ1) is 11.7. The van der Waals surface area contributed by atoms with Crippen LogP contribution in [0.4, 0.5) is 4.39 Å². The summed E-state index contributed by atoms with van der Waals surface area (Å²) in [4.78, 5) is 0. The number of benzene rings is 1. The summed E-state index contributed by atoms with van der Waals surface area (Å²) in [6.45, 7) is 4.06. The lowest BCUT2D eigenvalue weighted by atomic mass is 10.1. The van der Waals surface area contributed by atoms with Gasteiger partial charge in [0.25, 0.3) is 0 Å². The normalized spacial score (nSPS) is 24.9. The predicted octanol–water partition coefficient (Wildman–Crippen LogP) is 4.22. The van der Waals surface area contributed by atoms with E-state index in [1.165, 1.54) is 0 Å². The van der Waals surface area contributed by atoms with Gasteiger partial charge < -0.3 is 18.9 Å². The quantitative estimate of drug-likeness (QED) is 0.778. The van der Waals surface area contributed by atoms with Crippen molar-refractivity contribution in [3.05, 3.63) is 34.6 Å². The topological polar surface area (TPSA) is 36.9 Å². The first-order valence-electron chi connectivity index (χ1n) is 8.96. The summed E-state index contributed by atoms with van der Waals surface area (Å²) in [5, 5.41) is 0. The van der Waals surface area contributed by atoms with Crippen LogP contribution >= 0.6 is 0 Å². The van der Waals surface area contributed by atoms with Crippen molar-refractivity contribution in [2.24, 2.45) is 0 Å². The SMILES string of the molecule is Cc1cc(COC2CCCCO2)c(F)cc1COC1CCCCO1. The van der Waals surface area contributed by atoms with Crippen LogP contribution in [0, 0.1) is 12.7 Å². The summed E-state index contributed by atoms with van der Waals surface area (Å²) >= 11 is 0. The van der Waals surface area contributed by atoms with Crippen LogP contribution in [-0.2, 0) is 32.2 Å². The maximum absolute atomic E-state index is 14.3. The maximum atomic E-state index is 14.3. The lowest BCUT2D eigenvalue weighted by Gasteiger charge is -2.24. The van der Waals surface area contributed by atoms with Gasteiger partial charge in [0.05, 0.1) is 13.2 Å². The van der Waals surface area contributed by atoms with Crippen molar-refractivity contribution in [2.75, 3.05) is 13.2 Å². The van der Waals surface area contributed by atoms with Crippen LogP contribution in [0.2, 0.25) is 0 Å². The molecule has 0 amide bonds. The van der Waals surface area contributed by atoms with Gasteiger partial charge in [0.15, 0.2) is 12.6 Å². The van der Waals surface area contributed by atoms with Crippen molar-refractivity contribution in [3.63, 3.8) is 0 Å². The van der Waals surface area contributed by atoms with Gasteiger partial charge in [0, 0.05) is 18.8 Å². The van der Waals surface area contributed by atoms with Gasteiger partial charge in [-0.15, -0.1) is 0 Å². The molecule has 2 saturated heterocycles. The number of aryl methyl sites for hydroxylation is 1. The minimum atomic E-state index is -0.250. The highest BCUT2D eigenvalue weighted by Gasteiger charge is 2.17. The average molecular weight is 338 g/mol. The summed E-state index contributed by atoms with van der Waals surface area (Å²) in [6, 6.07) is 3.40. The van der Waals surface area contributed by atoms with E-state index in [1.54, 1.807) is 6.07 Å². The zero-order valence-electron chi connectivity index (χ0n) is 14.4. The molecule has 2 unspecified atom stereocenters. The van der Waals surface area contributed by atoms with E-state index in [9.17, 15) is 4.39 Å². The molecule has 2 heterocycles. The van der Waals surface area contributed by atoms with Crippen molar-refractivity contribution in [3.8, 4) is 0 Å². The summed E-state index contributed by atoms with van der Waals surface area (Å²) in [5.74, 6) is -0.250. The Labute approximate surface area is 143 Å². The molecule has 1 aromatic rings. The summed E-state index contributed by atoms with van der Waals surface area (Å²) in [5.41, 5.74) is 2.44. The van der Waals surface area contributed by atoms with E-state index in [-0.39, 0.29) is 25.0 Å². The minimum Gasteiger partial charge on any atom is -0.353 e. The van der Waals surface area contributed by atoms with E-state index in [0.717, 1.165) is 62.9 Å². The third-order valence-corrected chi connectivity index (χ3v) is 4.63. The second kappa shape index (κ2) is 8.90. The van der Waals surface area contributed by atoms with Gasteiger partial charge in [0.2, 0.25) is 0 Å². The Hall–Kier alpha value is -1.01. The fourth-order valence-electron chi connectivity index (χ4n) is 3.10. The van der Waals surface area contributed by atoms with Crippen LogP contribution < -0.4 is 0 Å². The van der Waals surface area contributed by atoms with E-state index in [4.69, 9.17) is 18.9 Å². The van der Waals surface area contributed by atoms with Crippen LogP contribution in [-0.4, -0.2) is 25.8 Å². The van der Waals surface area contributed by atoms with Crippen molar-refractivity contribution in [2.45, 2.75) is 71.2 Å². The zero-order valence-corrected chi connectivity index (χ0v) is 14.4. The van der Waals surface area contributed by atoms with E-state index in [0.29, 0.717) is 12.2 Å². The molecule has 2 aliphatic rings. The van der Waals surface area contributed by atoms with Gasteiger partial charge in [-0.05, 0) is 62.6 Å². The molecule has 0 saturated carbocycles. The summed E-state index contributed by atoms with van der Waals surface area (Å²) < 4.78 is 36.9. The number of hydrogen-bond donors (Lipinski definition) is 0. The maximum Gasteiger partial charge on any atom is 0.158 e. The number of hydrogen-bond acceptors (Lipinski definition) is 4. The largest absolute Gasteiger partial charge is 0.353 e. The average Bonchev–Trinajstić information content (AvgIpc) is 2.62. The second-order valence-electron chi connectivity index (χ2n) is 6.58. The van der Waals surface area contributed by atoms with Gasteiger partial charge in [0.1, 0.15) is 5.82 Å². The Morgan fingerprint density at radius 3 is 2.04 bits per heavy atom. The predicted molar refractivity (Wildman–Crippen MR) is 87.9 cm³/mol. The third-order valence-electron chi connectivity index (χ3n) is 4.63. The van der Waals surface area contributed by atoms with Crippen molar-refractivity contribution in [1.82, 2.24) is 0 Å². The molecule has 0 aromatic heterocycles. The van der Waals surface area contributed by atoms with E-state index >= 15 is 0 Å². The first kappa shape index (κ1) is 17.8. The van der Waals surface area contributed by atoms with Gasteiger partial charge in [-0.3, -0.25) is 0 Å². The molecule has 0 aliphatic carbocycles. The Morgan fingerprint density at radius 1 is 0.917 bits per heavy atom. The standard InChI is InChI=1S/C19H27FO4/c1-14-10-16(13-24-19-7-3-5-9-22-19)17(20)11-15(14)12-23-18-6-2-4-8-21-18/h10-11,18-19H,2-9,12-13H2,1H3. The smallest absolute Gasteiger partial charge is 0.158 e. The molecule has 0 N–H and O–H groups in total. The van der Waals surface area contributed by atoms with Crippen LogP contribution in [0.15, 0.2) is 12.1 Å². The summed E-state index contributed by atoms with van der Waals surface area (Å²) in [7, 11) is 0. The third kappa shape index (κ3) is 4.99. The van der Waals surface area contributed by atoms with Crippen LogP contribution in [0.1, 0.15) is 55.2 Å². The Kier molecular flexibility index (Phi) is 6.60. The highest BCUT2D eigenvalue weighted by Crippen LogP contribution is 2.22. The zero-order chi connectivity index (χ0) is 16.8. The Morgan fingerprint density at radius 2 is 1.50 bits per heavy atom. The van der Waals surface area contributed by atoms with E-state index in [2.05, 4.69) is 0 Å². The molecule has 1 aromatic carbocycles. The highest BCUT2D eigenvalue weighted by molar-refractivity contribution is 5.31. The Bertz CT molecular complexity index is 475. The molecule has 0 bridgehead atoms. The molecule has 5 heteroatoms. The molecule has 0 spiro atoms. The highest BCUT2D eigenvalue weighted by atomic mass is 19.1. The van der Waals surface area contributed by atoms with E-state index in [1.807, 2.05) is 13.0 Å². The van der Waals surface area contributed by atoms with Crippen LogP contribution in [0.3, 0.4) is 0 Å². The monoisotopic (exact) mass is 338 g/mol. The first-order valence-corrected chi connectivity index (χ1v) is 8.96. The molecular weight excluding hydrogens is 311 g/mol. The summed E-state index contributed by atoms with van der Waals surface area (Å²) in [6.07, 6.45) is 5.82. The molecule has 2 fully saturated rings. The van der Waals surface area contributed by atoms with E-state index < -0.39 is 0 Å². The second-order valence-corrected chi connectivity index (χ2v) is 6.58. The Balaban J connectivity index is 1.54. The van der Waals surface area contributed by atoms with Crippen LogP contribution in [0.5, 0.6) is 0 Å². The van der Waals surface area contributed by atoms with Gasteiger partial charge in [-0.1, -0.05) is 6.07 Å².